The van der Waals surface area contributed by atoms with Gasteiger partial charge in [0.15, 0.2) is 0 Å². The van der Waals surface area contributed by atoms with E-state index >= 15 is 0 Å². The minimum Gasteiger partial charge on any atom is -0.478 e. The van der Waals surface area contributed by atoms with Gasteiger partial charge in [-0.3, -0.25) is 0 Å². The summed E-state index contributed by atoms with van der Waals surface area (Å²) >= 11 is 1.74. The Bertz CT molecular complexity index is 143. The molecule has 1 atom stereocenters. The summed E-state index contributed by atoms with van der Waals surface area (Å²) < 4.78 is 0. The van der Waals surface area contributed by atoms with Crippen molar-refractivity contribution < 1.29 is 9.90 Å². The third kappa shape index (κ3) is 5.98. The first-order valence-electron chi connectivity index (χ1n) is 3.60. The molecule has 0 aromatic carbocycles. The summed E-state index contributed by atoms with van der Waals surface area (Å²) in [6.45, 7) is 2.06. The normalized spacial score (nSPS) is 13.6. The molecule has 0 aliphatic rings. The van der Waals surface area contributed by atoms with Crippen LogP contribution in [0.3, 0.4) is 0 Å². The van der Waals surface area contributed by atoms with Gasteiger partial charge in [-0.05, 0) is 24.3 Å². The number of hydrogen-bond donors (Lipinski definition) is 1. The van der Waals surface area contributed by atoms with Crippen molar-refractivity contribution in [3.63, 3.8) is 0 Å². The standard InChI is InChI=1S/C8H14O2S/c1-3-7(6-11-2)4-5-8(9)10/h4-5,7H,3,6H2,1-2H3,(H,9,10). The molecule has 1 unspecified atom stereocenters. The highest BCUT2D eigenvalue weighted by Gasteiger charge is 2.00. The second-order valence-corrected chi connectivity index (χ2v) is 3.23. The molecule has 0 amide bonds. The average molecular weight is 174 g/mol. The van der Waals surface area contributed by atoms with Crippen molar-refractivity contribution in [3.05, 3.63) is 12.2 Å². The lowest BCUT2D eigenvalue weighted by Crippen LogP contribution is -1.99. The smallest absolute Gasteiger partial charge is 0.327 e. The minimum atomic E-state index is -0.857. The Balaban J connectivity index is 3.76. The molecule has 0 rings (SSSR count). The first-order valence-corrected chi connectivity index (χ1v) is 5.00. The zero-order chi connectivity index (χ0) is 8.69. The lowest BCUT2D eigenvalue weighted by molar-refractivity contribution is -0.131. The van der Waals surface area contributed by atoms with Gasteiger partial charge in [-0.2, -0.15) is 11.8 Å². The monoisotopic (exact) mass is 174 g/mol. The number of carboxylic acids is 1. The number of carboxylic acid groups (broad SMARTS) is 1. The Hall–Kier alpha value is -0.440. The predicted molar refractivity (Wildman–Crippen MR) is 48.9 cm³/mol. The lowest BCUT2D eigenvalue weighted by Gasteiger charge is -2.05. The van der Waals surface area contributed by atoms with Crippen molar-refractivity contribution in [3.8, 4) is 0 Å². The van der Waals surface area contributed by atoms with Crippen molar-refractivity contribution >= 4 is 17.7 Å². The molecule has 0 heterocycles. The molecule has 11 heavy (non-hydrogen) atoms. The molecule has 0 aromatic rings. The van der Waals surface area contributed by atoms with Crippen LogP contribution in [0, 0.1) is 5.92 Å². The molecule has 0 aliphatic carbocycles. The Morgan fingerprint density at radius 1 is 1.73 bits per heavy atom. The third-order valence-corrected chi connectivity index (χ3v) is 2.18. The highest BCUT2D eigenvalue weighted by molar-refractivity contribution is 7.98. The average Bonchev–Trinajstić information content (AvgIpc) is 1.97. The van der Waals surface area contributed by atoms with Crippen LogP contribution in [0.2, 0.25) is 0 Å². The zero-order valence-corrected chi connectivity index (χ0v) is 7.73. The van der Waals surface area contributed by atoms with Crippen LogP contribution in [-0.2, 0) is 4.79 Å². The van der Waals surface area contributed by atoms with E-state index in [0.29, 0.717) is 5.92 Å². The van der Waals surface area contributed by atoms with Crippen molar-refractivity contribution in [2.75, 3.05) is 12.0 Å². The van der Waals surface area contributed by atoms with E-state index in [1.54, 1.807) is 17.8 Å². The summed E-state index contributed by atoms with van der Waals surface area (Å²) in [4.78, 5) is 10.1. The van der Waals surface area contributed by atoms with Crippen LogP contribution in [0.4, 0.5) is 0 Å². The molecule has 64 valence electrons. The van der Waals surface area contributed by atoms with Crippen LogP contribution in [0.25, 0.3) is 0 Å². The molecule has 0 aromatic heterocycles. The third-order valence-electron chi connectivity index (χ3n) is 1.42. The van der Waals surface area contributed by atoms with Crippen molar-refractivity contribution in [1.82, 2.24) is 0 Å². The Kier molecular flexibility index (Phi) is 6.03. The van der Waals surface area contributed by atoms with E-state index in [2.05, 4.69) is 6.92 Å². The van der Waals surface area contributed by atoms with Gasteiger partial charge in [-0.15, -0.1) is 0 Å². The fourth-order valence-corrected chi connectivity index (χ4v) is 1.52. The summed E-state index contributed by atoms with van der Waals surface area (Å²) in [5.41, 5.74) is 0. The number of rotatable bonds is 5. The summed E-state index contributed by atoms with van der Waals surface area (Å²) in [6, 6.07) is 0. The van der Waals surface area contributed by atoms with E-state index < -0.39 is 5.97 Å². The number of allylic oxidation sites excluding steroid dienone is 1. The Morgan fingerprint density at radius 3 is 2.73 bits per heavy atom. The zero-order valence-electron chi connectivity index (χ0n) is 6.91. The highest BCUT2D eigenvalue weighted by atomic mass is 32.2. The molecule has 0 radical (unpaired) electrons. The molecule has 2 nitrogen and oxygen atoms in total. The highest BCUT2D eigenvalue weighted by Crippen LogP contribution is 2.10. The molecular weight excluding hydrogens is 160 g/mol. The van der Waals surface area contributed by atoms with Gasteiger partial charge in [0.2, 0.25) is 0 Å². The molecule has 0 saturated carbocycles. The maximum atomic E-state index is 10.1. The first-order chi connectivity index (χ1) is 5.20. The van der Waals surface area contributed by atoms with Gasteiger partial charge in [0, 0.05) is 6.08 Å². The van der Waals surface area contributed by atoms with Gasteiger partial charge in [0.25, 0.3) is 0 Å². The number of carbonyl (C=O) groups is 1. The molecular formula is C8H14O2S. The largest absolute Gasteiger partial charge is 0.478 e. The van der Waals surface area contributed by atoms with E-state index in [-0.39, 0.29) is 0 Å². The van der Waals surface area contributed by atoms with Crippen molar-refractivity contribution in [1.29, 1.82) is 0 Å². The SMILES string of the molecule is CCC(C=CC(=O)O)CSC. The Morgan fingerprint density at radius 2 is 2.36 bits per heavy atom. The van der Waals surface area contributed by atoms with Gasteiger partial charge in [-0.1, -0.05) is 13.0 Å². The van der Waals surface area contributed by atoms with E-state index in [0.717, 1.165) is 12.2 Å². The summed E-state index contributed by atoms with van der Waals surface area (Å²) in [5.74, 6) is 0.547. The molecule has 0 spiro atoms. The van der Waals surface area contributed by atoms with Gasteiger partial charge in [0.05, 0.1) is 0 Å². The molecule has 0 fully saturated rings. The van der Waals surface area contributed by atoms with E-state index in [1.165, 1.54) is 6.08 Å². The Labute approximate surface area is 71.7 Å². The lowest BCUT2D eigenvalue weighted by atomic mass is 10.1. The van der Waals surface area contributed by atoms with Crippen LogP contribution >= 0.6 is 11.8 Å². The van der Waals surface area contributed by atoms with Gasteiger partial charge >= 0.3 is 5.97 Å². The second-order valence-electron chi connectivity index (χ2n) is 2.32. The number of hydrogen-bond acceptors (Lipinski definition) is 2. The molecule has 0 aliphatic heterocycles. The molecule has 1 N–H and O–H groups in total. The van der Waals surface area contributed by atoms with Gasteiger partial charge < -0.3 is 5.11 Å². The quantitative estimate of drug-likeness (QED) is 0.648. The summed E-state index contributed by atoms with van der Waals surface area (Å²) in [7, 11) is 0. The van der Waals surface area contributed by atoms with Crippen LogP contribution in [0.5, 0.6) is 0 Å². The van der Waals surface area contributed by atoms with Crippen LogP contribution in [-0.4, -0.2) is 23.1 Å². The molecule has 0 bridgehead atoms. The van der Waals surface area contributed by atoms with Crippen LogP contribution < -0.4 is 0 Å². The van der Waals surface area contributed by atoms with Crippen molar-refractivity contribution in [2.24, 2.45) is 5.92 Å². The van der Waals surface area contributed by atoms with E-state index in [4.69, 9.17) is 5.11 Å². The second kappa shape index (κ2) is 6.28. The van der Waals surface area contributed by atoms with Crippen LogP contribution in [0.1, 0.15) is 13.3 Å². The van der Waals surface area contributed by atoms with E-state index in [1.807, 2.05) is 6.26 Å². The fourth-order valence-electron chi connectivity index (χ4n) is 0.742. The molecule has 0 saturated heterocycles. The van der Waals surface area contributed by atoms with Gasteiger partial charge in [-0.25, -0.2) is 4.79 Å². The number of aliphatic carboxylic acids is 1. The molecule has 3 heteroatoms. The van der Waals surface area contributed by atoms with Crippen molar-refractivity contribution in [2.45, 2.75) is 13.3 Å². The van der Waals surface area contributed by atoms with Gasteiger partial charge in [0.1, 0.15) is 0 Å². The van der Waals surface area contributed by atoms with E-state index in [9.17, 15) is 4.79 Å². The topological polar surface area (TPSA) is 37.3 Å². The summed E-state index contributed by atoms with van der Waals surface area (Å²) in [5, 5.41) is 8.33. The first kappa shape index (κ1) is 10.6. The maximum Gasteiger partial charge on any atom is 0.327 e. The van der Waals surface area contributed by atoms with Crippen LogP contribution in [0.15, 0.2) is 12.2 Å². The maximum absolute atomic E-state index is 10.1. The minimum absolute atomic E-state index is 0.404. The fraction of sp³-hybridized carbons (Fsp3) is 0.625. The summed E-state index contributed by atoms with van der Waals surface area (Å²) in [6.07, 6.45) is 6.02. The predicted octanol–water partition coefficient (Wildman–Crippen LogP) is 2.02. The number of thioether (sulfide) groups is 1.